The fraction of sp³-hybridized carbons (Fsp3) is 0.500. The normalized spacial score (nSPS) is 28.5. The van der Waals surface area contributed by atoms with Gasteiger partial charge in [0.15, 0.2) is 5.78 Å². The minimum Gasteiger partial charge on any atom is -0.295 e. The highest BCUT2D eigenvalue weighted by Crippen LogP contribution is 2.28. The Morgan fingerprint density at radius 3 is 2.26 bits per heavy atom. The summed E-state index contributed by atoms with van der Waals surface area (Å²) >= 11 is 0. The van der Waals surface area contributed by atoms with Crippen LogP contribution in [0.25, 0.3) is 5.57 Å². The van der Waals surface area contributed by atoms with Crippen molar-refractivity contribution in [2.75, 3.05) is 0 Å². The van der Waals surface area contributed by atoms with E-state index in [9.17, 15) is 4.79 Å². The van der Waals surface area contributed by atoms with Gasteiger partial charge in [-0.2, -0.15) is 0 Å². The molecule has 0 heterocycles. The summed E-state index contributed by atoms with van der Waals surface area (Å²) in [5.74, 6) is 1.71. The molecule has 1 heteroatoms. The lowest BCUT2D eigenvalue weighted by atomic mass is 9.86. The Hall–Kier alpha value is -1.37. The summed E-state index contributed by atoms with van der Waals surface area (Å²) in [4.78, 5) is 12.0. The lowest BCUT2D eigenvalue weighted by Gasteiger charge is -2.19. The first kappa shape index (κ1) is 14.0. The van der Waals surface area contributed by atoms with Crippen LogP contribution in [-0.4, -0.2) is 5.78 Å². The molecule has 1 aliphatic rings. The minimum absolute atomic E-state index is 0.292. The van der Waals surface area contributed by atoms with Gasteiger partial charge in [0, 0.05) is 6.42 Å². The highest BCUT2D eigenvalue weighted by atomic mass is 16.1. The van der Waals surface area contributed by atoms with Gasteiger partial charge in [-0.15, -0.1) is 0 Å². The van der Waals surface area contributed by atoms with Crippen LogP contribution in [0.4, 0.5) is 0 Å². The molecule has 0 fully saturated rings. The molecule has 1 nitrogen and oxygen atoms in total. The average Bonchev–Trinajstić information content (AvgIpc) is 2.41. The molecular weight excluding hydrogens is 232 g/mol. The number of hydrogen-bond donors (Lipinski definition) is 0. The highest BCUT2D eigenvalue weighted by Gasteiger charge is 2.14. The molecule has 19 heavy (non-hydrogen) atoms. The van der Waals surface area contributed by atoms with Crippen molar-refractivity contribution in [3.8, 4) is 0 Å². The molecule has 2 atom stereocenters. The van der Waals surface area contributed by atoms with Crippen molar-refractivity contribution < 1.29 is 4.79 Å². The van der Waals surface area contributed by atoms with E-state index >= 15 is 0 Å². The summed E-state index contributed by atoms with van der Waals surface area (Å²) < 4.78 is 0. The van der Waals surface area contributed by atoms with Crippen LogP contribution in [0.2, 0.25) is 0 Å². The zero-order valence-electron chi connectivity index (χ0n) is 12.1. The maximum absolute atomic E-state index is 12.0. The Balaban J connectivity index is 2.20. The summed E-state index contributed by atoms with van der Waals surface area (Å²) in [6.07, 6.45) is 7.06. The lowest BCUT2D eigenvalue weighted by molar-refractivity contribution is -0.114. The number of carbonyl (C=O) groups is 1. The third kappa shape index (κ3) is 4.34. The number of benzene rings is 1. The van der Waals surface area contributed by atoms with Gasteiger partial charge < -0.3 is 0 Å². The standard InChI is InChI=1S/C18H24O/c1-14-8-10-17(16-6-4-3-5-7-16)13-18(19)11-9-15(2)12-14/h3-7,13-15H,8-12H2,1-2H3/b17-13+/t14?,15-/m1/s1. The van der Waals surface area contributed by atoms with Crippen molar-refractivity contribution in [2.45, 2.75) is 46.0 Å². The molecule has 0 bridgehead atoms. The van der Waals surface area contributed by atoms with Crippen LogP contribution in [-0.2, 0) is 4.79 Å². The Labute approximate surface area is 116 Å². The van der Waals surface area contributed by atoms with Crippen LogP contribution in [0.5, 0.6) is 0 Å². The summed E-state index contributed by atoms with van der Waals surface area (Å²) in [5.41, 5.74) is 2.42. The van der Waals surface area contributed by atoms with Gasteiger partial charge in [0.1, 0.15) is 0 Å². The van der Waals surface area contributed by atoms with Crippen molar-refractivity contribution in [2.24, 2.45) is 11.8 Å². The third-order valence-corrected chi connectivity index (χ3v) is 4.07. The molecule has 0 aromatic heterocycles. The van der Waals surface area contributed by atoms with Gasteiger partial charge in [-0.3, -0.25) is 4.79 Å². The maximum atomic E-state index is 12.0. The second-order valence-corrected chi connectivity index (χ2v) is 6.03. The van der Waals surface area contributed by atoms with Crippen molar-refractivity contribution >= 4 is 11.4 Å². The number of hydrogen-bond acceptors (Lipinski definition) is 1. The van der Waals surface area contributed by atoms with Crippen LogP contribution in [0, 0.1) is 11.8 Å². The SMILES string of the molecule is CC1CC/C(c2ccccc2)=C\C(=O)CC[C@@H](C)C1. The second-order valence-electron chi connectivity index (χ2n) is 6.03. The Bertz CT molecular complexity index is 444. The molecule has 0 radical (unpaired) electrons. The van der Waals surface area contributed by atoms with E-state index < -0.39 is 0 Å². The fourth-order valence-electron chi connectivity index (χ4n) is 2.93. The molecule has 1 aliphatic carbocycles. The molecule has 0 spiro atoms. The van der Waals surface area contributed by atoms with Crippen molar-refractivity contribution in [3.05, 3.63) is 42.0 Å². The smallest absolute Gasteiger partial charge is 0.155 e. The van der Waals surface area contributed by atoms with Gasteiger partial charge in [0.25, 0.3) is 0 Å². The first-order valence-electron chi connectivity index (χ1n) is 7.44. The predicted octanol–water partition coefficient (Wildman–Crippen LogP) is 4.88. The molecule has 102 valence electrons. The van der Waals surface area contributed by atoms with Crippen LogP contribution in [0.15, 0.2) is 36.4 Å². The van der Waals surface area contributed by atoms with Crippen molar-refractivity contribution in [1.29, 1.82) is 0 Å². The van der Waals surface area contributed by atoms with Crippen molar-refractivity contribution in [3.63, 3.8) is 0 Å². The topological polar surface area (TPSA) is 17.1 Å². The highest BCUT2D eigenvalue weighted by molar-refractivity contribution is 5.96. The average molecular weight is 256 g/mol. The fourth-order valence-corrected chi connectivity index (χ4v) is 2.93. The molecule has 0 N–H and O–H groups in total. The van der Waals surface area contributed by atoms with E-state index in [-0.39, 0.29) is 0 Å². The molecule has 2 rings (SSSR count). The second kappa shape index (κ2) is 6.70. The van der Waals surface area contributed by atoms with Gasteiger partial charge in [0.2, 0.25) is 0 Å². The van der Waals surface area contributed by atoms with Gasteiger partial charge >= 0.3 is 0 Å². The summed E-state index contributed by atoms with van der Waals surface area (Å²) in [6, 6.07) is 10.3. The van der Waals surface area contributed by atoms with Crippen LogP contribution in [0.3, 0.4) is 0 Å². The molecule has 0 saturated heterocycles. The van der Waals surface area contributed by atoms with Gasteiger partial charge in [-0.25, -0.2) is 0 Å². The molecular formula is C18H24O. The largest absolute Gasteiger partial charge is 0.295 e. The number of rotatable bonds is 1. The minimum atomic E-state index is 0.292. The van der Waals surface area contributed by atoms with E-state index in [0.29, 0.717) is 18.1 Å². The zero-order valence-corrected chi connectivity index (χ0v) is 12.1. The number of carbonyl (C=O) groups excluding carboxylic acids is 1. The third-order valence-electron chi connectivity index (χ3n) is 4.07. The first-order valence-corrected chi connectivity index (χ1v) is 7.44. The molecule has 1 aromatic carbocycles. The van der Waals surface area contributed by atoms with Gasteiger partial charge in [-0.1, -0.05) is 44.2 Å². The van der Waals surface area contributed by atoms with Gasteiger partial charge in [-0.05, 0) is 54.7 Å². The molecule has 0 amide bonds. The van der Waals surface area contributed by atoms with E-state index in [1.807, 2.05) is 24.3 Å². The first-order chi connectivity index (χ1) is 9.15. The molecule has 0 aliphatic heterocycles. The molecule has 0 saturated carbocycles. The number of ketones is 1. The monoisotopic (exact) mass is 256 g/mol. The van der Waals surface area contributed by atoms with Gasteiger partial charge in [0.05, 0.1) is 0 Å². The van der Waals surface area contributed by atoms with E-state index in [4.69, 9.17) is 0 Å². The van der Waals surface area contributed by atoms with E-state index in [1.54, 1.807) is 0 Å². The molecule has 1 unspecified atom stereocenters. The zero-order chi connectivity index (χ0) is 13.7. The van der Waals surface area contributed by atoms with E-state index in [2.05, 4.69) is 26.0 Å². The van der Waals surface area contributed by atoms with E-state index in [0.717, 1.165) is 18.8 Å². The van der Waals surface area contributed by atoms with Crippen LogP contribution >= 0.6 is 0 Å². The lowest BCUT2D eigenvalue weighted by Crippen LogP contribution is -2.08. The van der Waals surface area contributed by atoms with E-state index in [1.165, 1.54) is 24.0 Å². The summed E-state index contributed by atoms with van der Waals surface area (Å²) in [5, 5.41) is 0. The quantitative estimate of drug-likeness (QED) is 0.700. The Kier molecular flexibility index (Phi) is 4.95. The Morgan fingerprint density at radius 2 is 1.58 bits per heavy atom. The molecule has 1 aromatic rings. The summed E-state index contributed by atoms with van der Waals surface area (Å²) in [6.45, 7) is 4.61. The predicted molar refractivity (Wildman–Crippen MR) is 80.8 cm³/mol. The van der Waals surface area contributed by atoms with Crippen molar-refractivity contribution in [1.82, 2.24) is 0 Å². The van der Waals surface area contributed by atoms with Crippen LogP contribution < -0.4 is 0 Å². The maximum Gasteiger partial charge on any atom is 0.155 e. The number of allylic oxidation sites excluding steroid dienone is 2. The Morgan fingerprint density at radius 1 is 0.947 bits per heavy atom. The van der Waals surface area contributed by atoms with Crippen LogP contribution in [0.1, 0.15) is 51.5 Å². The summed E-state index contributed by atoms with van der Waals surface area (Å²) in [7, 11) is 0.